The summed E-state index contributed by atoms with van der Waals surface area (Å²) >= 11 is 0. The maximum atomic E-state index is 13.2. The standard InChI is InChI=1S/C23H28N2O6S/c1-29-18-6-4-17(5-7-18)25-21-15-32(27,28)14-20(21)24(13-23(25)26)11-10-16-12-19(30-2)8-9-22(16)31-3/h4-9,12,20-21H,10-11,13-15H2,1-3H3/t20-,21-/m1/s1. The molecule has 172 valence electrons. The van der Waals surface area contributed by atoms with Gasteiger partial charge in [0.25, 0.3) is 0 Å². The van der Waals surface area contributed by atoms with Crippen LogP contribution in [0.1, 0.15) is 5.56 Å². The molecule has 0 saturated carbocycles. The number of carbonyl (C=O) groups excluding carboxylic acids is 1. The molecule has 2 fully saturated rings. The number of carbonyl (C=O) groups is 1. The highest BCUT2D eigenvalue weighted by Gasteiger charge is 2.49. The first kappa shape index (κ1) is 22.4. The van der Waals surface area contributed by atoms with E-state index in [0.29, 0.717) is 24.4 Å². The zero-order valence-corrected chi connectivity index (χ0v) is 19.3. The average Bonchev–Trinajstić information content (AvgIpc) is 3.12. The molecule has 2 aromatic carbocycles. The Balaban J connectivity index is 1.57. The van der Waals surface area contributed by atoms with Crippen molar-refractivity contribution in [3.05, 3.63) is 48.0 Å². The highest BCUT2D eigenvalue weighted by atomic mass is 32.2. The summed E-state index contributed by atoms with van der Waals surface area (Å²) in [5.41, 5.74) is 1.64. The largest absolute Gasteiger partial charge is 0.497 e. The first-order chi connectivity index (χ1) is 15.3. The molecular formula is C23H28N2O6S. The summed E-state index contributed by atoms with van der Waals surface area (Å²) < 4.78 is 41.1. The van der Waals surface area contributed by atoms with Crippen molar-refractivity contribution in [2.24, 2.45) is 0 Å². The predicted molar refractivity (Wildman–Crippen MR) is 122 cm³/mol. The third-order valence-electron chi connectivity index (χ3n) is 6.21. The van der Waals surface area contributed by atoms with Crippen molar-refractivity contribution >= 4 is 21.4 Å². The van der Waals surface area contributed by atoms with Crippen LogP contribution in [0.15, 0.2) is 42.5 Å². The number of sulfone groups is 1. The lowest BCUT2D eigenvalue weighted by atomic mass is 10.0. The van der Waals surface area contributed by atoms with E-state index < -0.39 is 15.9 Å². The number of benzene rings is 2. The molecule has 2 atom stereocenters. The zero-order chi connectivity index (χ0) is 22.9. The maximum Gasteiger partial charge on any atom is 0.241 e. The Hall–Kier alpha value is -2.78. The normalized spacial score (nSPS) is 22.5. The molecule has 8 nitrogen and oxygen atoms in total. The molecule has 0 unspecified atom stereocenters. The van der Waals surface area contributed by atoms with Gasteiger partial charge in [0.1, 0.15) is 17.2 Å². The van der Waals surface area contributed by atoms with Crippen LogP contribution in [0.25, 0.3) is 0 Å². The fourth-order valence-electron chi connectivity index (χ4n) is 4.62. The van der Waals surface area contributed by atoms with E-state index in [0.717, 1.165) is 17.1 Å². The fraction of sp³-hybridized carbons (Fsp3) is 0.435. The van der Waals surface area contributed by atoms with Crippen LogP contribution in [-0.4, -0.2) is 77.2 Å². The molecule has 0 N–H and O–H groups in total. The number of anilines is 1. The van der Waals surface area contributed by atoms with Crippen molar-refractivity contribution in [1.82, 2.24) is 4.90 Å². The third-order valence-corrected chi connectivity index (χ3v) is 7.91. The van der Waals surface area contributed by atoms with E-state index in [1.54, 1.807) is 50.5 Å². The summed E-state index contributed by atoms with van der Waals surface area (Å²) in [5, 5.41) is 0. The van der Waals surface area contributed by atoms with Gasteiger partial charge in [0.05, 0.1) is 45.4 Å². The topological polar surface area (TPSA) is 85.4 Å². The lowest BCUT2D eigenvalue weighted by molar-refractivity contribution is -0.123. The summed E-state index contributed by atoms with van der Waals surface area (Å²) in [6.45, 7) is 0.706. The Morgan fingerprint density at radius 2 is 1.56 bits per heavy atom. The van der Waals surface area contributed by atoms with Gasteiger partial charge in [-0.2, -0.15) is 0 Å². The van der Waals surface area contributed by atoms with Gasteiger partial charge in [-0.3, -0.25) is 9.69 Å². The first-order valence-electron chi connectivity index (χ1n) is 10.5. The van der Waals surface area contributed by atoms with Crippen molar-refractivity contribution in [2.75, 3.05) is 50.8 Å². The Morgan fingerprint density at radius 3 is 2.22 bits per heavy atom. The monoisotopic (exact) mass is 460 g/mol. The number of nitrogens with zero attached hydrogens (tertiary/aromatic N) is 2. The number of hydrogen-bond donors (Lipinski definition) is 0. The lowest BCUT2D eigenvalue weighted by Crippen LogP contribution is -2.62. The van der Waals surface area contributed by atoms with E-state index in [2.05, 4.69) is 0 Å². The van der Waals surface area contributed by atoms with Gasteiger partial charge in [0, 0.05) is 18.3 Å². The van der Waals surface area contributed by atoms with Gasteiger partial charge in [0.2, 0.25) is 5.91 Å². The van der Waals surface area contributed by atoms with E-state index in [1.807, 2.05) is 23.1 Å². The van der Waals surface area contributed by atoms with Crippen LogP contribution in [0.5, 0.6) is 17.2 Å². The summed E-state index contributed by atoms with van der Waals surface area (Å²) in [5.74, 6) is 2.06. The molecule has 32 heavy (non-hydrogen) atoms. The number of ether oxygens (including phenoxy) is 3. The Morgan fingerprint density at radius 1 is 0.906 bits per heavy atom. The van der Waals surface area contributed by atoms with E-state index in [4.69, 9.17) is 14.2 Å². The Labute approximate surface area is 188 Å². The smallest absolute Gasteiger partial charge is 0.241 e. The summed E-state index contributed by atoms with van der Waals surface area (Å²) in [4.78, 5) is 16.8. The second kappa shape index (κ2) is 8.99. The summed E-state index contributed by atoms with van der Waals surface area (Å²) in [7, 11) is 1.55. The van der Waals surface area contributed by atoms with Gasteiger partial charge in [-0.05, 0) is 54.4 Å². The van der Waals surface area contributed by atoms with E-state index in [1.165, 1.54) is 0 Å². The van der Waals surface area contributed by atoms with Gasteiger partial charge in [-0.25, -0.2) is 8.42 Å². The number of methoxy groups -OCH3 is 3. The van der Waals surface area contributed by atoms with Gasteiger partial charge in [0.15, 0.2) is 9.84 Å². The predicted octanol–water partition coefficient (Wildman–Crippen LogP) is 1.77. The molecule has 2 saturated heterocycles. The highest BCUT2D eigenvalue weighted by Crippen LogP contribution is 2.33. The van der Waals surface area contributed by atoms with Gasteiger partial charge >= 0.3 is 0 Å². The zero-order valence-electron chi connectivity index (χ0n) is 18.5. The maximum absolute atomic E-state index is 13.2. The van der Waals surface area contributed by atoms with E-state index >= 15 is 0 Å². The highest BCUT2D eigenvalue weighted by molar-refractivity contribution is 7.91. The molecule has 0 aromatic heterocycles. The van der Waals surface area contributed by atoms with Crippen LogP contribution in [0.3, 0.4) is 0 Å². The number of piperazine rings is 1. The molecule has 2 aliphatic heterocycles. The van der Waals surface area contributed by atoms with E-state index in [-0.39, 0.29) is 30.0 Å². The molecular weight excluding hydrogens is 432 g/mol. The number of amides is 1. The van der Waals surface area contributed by atoms with Crippen LogP contribution < -0.4 is 19.1 Å². The molecule has 2 aliphatic rings. The second-order valence-electron chi connectivity index (χ2n) is 8.07. The van der Waals surface area contributed by atoms with Gasteiger partial charge in [-0.15, -0.1) is 0 Å². The van der Waals surface area contributed by atoms with Crippen molar-refractivity contribution in [2.45, 2.75) is 18.5 Å². The molecule has 2 heterocycles. The van der Waals surface area contributed by atoms with Gasteiger partial charge in [-0.1, -0.05) is 0 Å². The Kier molecular flexibility index (Phi) is 6.30. The van der Waals surface area contributed by atoms with Crippen molar-refractivity contribution in [3.63, 3.8) is 0 Å². The van der Waals surface area contributed by atoms with Crippen LogP contribution in [-0.2, 0) is 21.1 Å². The minimum atomic E-state index is -3.25. The van der Waals surface area contributed by atoms with E-state index in [9.17, 15) is 13.2 Å². The molecule has 0 aliphatic carbocycles. The number of fused-ring (bicyclic) bond motifs is 1. The quantitative estimate of drug-likeness (QED) is 0.623. The molecule has 0 bridgehead atoms. The third kappa shape index (κ3) is 4.40. The minimum absolute atomic E-state index is 0.0333. The van der Waals surface area contributed by atoms with Crippen molar-refractivity contribution in [3.8, 4) is 17.2 Å². The van der Waals surface area contributed by atoms with Crippen LogP contribution >= 0.6 is 0 Å². The Bertz CT molecular complexity index is 1090. The van der Waals surface area contributed by atoms with Crippen molar-refractivity contribution < 1.29 is 27.4 Å². The van der Waals surface area contributed by atoms with Gasteiger partial charge < -0.3 is 19.1 Å². The second-order valence-corrected chi connectivity index (χ2v) is 10.2. The first-order valence-corrected chi connectivity index (χ1v) is 12.3. The molecule has 0 spiro atoms. The summed E-state index contributed by atoms with van der Waals surface area (Å²) in [6, 6.07) is 12.1. The molecule has 1 amide bonds. The molecule has 0 radical (unpaired) electrons. The number of hydrogen-bond acceptors (Lipinski definition) is 7. The molecule has 4 rings (SSSR count). The average molecular weight is 461 g/mol. The lowest BCUT2D eigenvalue weighted by Gasteiger charge is -2.43. The molecule has 9 heteroatoms. The number of rotatable bonds is 7. The molecule has 2 aromatic rings. The summed E-state index contributed by atoms with van der Waals surface area (Å²) in [6.07, 6.45) is 0.611. The fourth-order valence-corrected chi connectivity index (χ4v) is 6.60. The van der Waals surface area contributed by atoms with Crippen LogP contribution in [0.2, 0.25) is 0 Å². The van der Waals surface area contributed by atoms with Crippen LogP contribution in [0.4, 0.5) is 5.69 Å². The van der Waals surface area contributed by atoms with Crippen LogP contribution in [0, 0.1) is 0 Å². The van der Waals surface area contributed by atoms with Crippen molar-refractivity contribution in [1.29, 1.82) is 0 Å². The minimum Gasteiger partial charge on any atom is -0.497 e. The SMILES string of the molecule is COc1ccc(N2C(=O)CN(CCc3cc(OC)ccc3OC)[C@@H]3CS(=O)(=O)C[C@H]32)cc1.